The SMILES string of the molecule is CN(CCCNC(=O)Nc1ccccc1OC(F)(F)F)c1ccccc1. The number of hydrogen-bond acceptors (Lipinski definition) is 3. The Labute approximate surface area is 149 Å². The summed E-state index contributed by atoms with van der Waals surface area (Å²) in [5.41, 5.74) is 1.01. The number of halogens is 3. The molecule has 0 fully saturated rings. The van der Waals surface area contributed by atoms with Crippen LogP contribution in [0.15, 0.2) is 54.6 Å². The van der Waals surface area contributed by atoms with Crippen LogP contribution in [0.1, 0.15) is 6.42 Å². The van der Waals surface area contributed by atoms with Crippen LogP contribution >= 0.6 is 0 Å². The fraction of sp³-hybridized carbons (Fsp3) is 0.278. The number of hydrogen-bond donors (Lipinski definition) is 2. The molecule has 0 aliphatic carbocycles. The van der Waals surface area contributed by atoms with Crippen molar-refractivity contribution in [3.8, 4) is 5.75 Å². The number of urea groups is 1. The van der Waals surface area contributed by atoms with Gasteiger partial charge < -0.3 is 20.3 Å². The predicted molar refractivity (Wildman–Crippen MR) is 94.5 cm³/mol. The van der Waals surface area contributed by atoms with Gasteiger partial charge in [0.15, 0.2) is 5.75 Å². The summed E-state index contributed by atoms with van der Waals surface area (Å²) in [7, 11) is 1.94. The van der Waals surface area contributed by atoms with E-state index in [9.17, 15) is 18.0 Å². The fourth-order valence-electron chi connectivity index (χ4n) is 2.28. The quantitative estimate of drug-likeness (QED) is 0.720. The van der Waals surface area contributed by atoms with Gasteiger partial charge in [0.2, 0.25) is 0 Å². The van der Waals surface area contributed by atoms with Crippen LogP contribution < -0.4 is 20.3 Å². The summed E-state index contributed by atoms with van der Waals surface area (Å²) >= 11 is 0. The van der Waals surface area contributed by atoms with Crippen molar-refractivity contribution in [2.75, 3.05) is 30.4 Å². The Kier molecular flexibility index (Phi) is 6.71. The number of alkyl halides is 3. The van der Waals surface area contributed by atoms with Gasteiger partial charge in [-0.25, -0.2) is 4.79 Å². The van der Waals surface area contributed by atoms with Crippen molar-refractivity contribution in [3.63, 3.8) is 0 Å². The average Bonchev–Trinajstić information content (AvgIpc) is 2.60. The third kappa shape index (κ3) is 6.54. The van der Waals surface area contributed by atoms with Gasteiger partial charge in [-0.15, -0.1) is 13.2 Å². The summed E-state index contributed by atoms with van der Waals surface area (Å²) in [6.07, 6.45) is -4.14. The highest BCUT2D eigenvalue weighted by molar-refractivity contribution is 5.90. The van der Waals surface area contributed by atoms with Crippen LogP contribution in [0.3, 0.4) is 0 Å². The summed E-state index contributed by atoms with van der Waals surface area (Å²) in [5.74, 6) is -0.459. The van der Waals surface area contributed by atoms with Crippen LogP contribution in [-0.2, 0) is 0 Å². The van der Waals surface area contributed by atoms with Crippen LogP contribution in [0.2, 0.25) is 0 Å². The van der Waals surface area contributed by atoms with Crippen molar-refractivity contribution in [3.05, 3.63) is 54.6 Å². The third-order valence-corrected chi connectivity index (χ3v) is 3.51. The molecule has 0 saturated heterocycles. The lowest BCUT2D eigenvalue weighted by molar-refractivity contribution is -0.274. The average molecular weight is 367 g/mol. The number of para-hydroxylation sites is 3. The summed E-state index contributed by atoms with van der Waals surface area (Å²) in [6.45, 7) is 1.10. The van der Waals surface area contributed by atoms with Gasteiger partial charge in [-0.2, -0.15) is 0 Å². The first-order valence-electron chi connectivity index (χ1n) is 8.01. The maximum Gasteiger partial charge on any atom is 0.573 e. The Morgan fingerprint density at radius 1 is 1.08 bits per heavy atom. The summed E-state index contributed by atoms with van der Waals surface area (Å²) in [5, 5.41) is 4.98. The van der Waals surface area contributed by atoms with Crippen molar-refractivity contribution in [2.45, 2.75) is 12.8 Å². The molecular formula is C18H20F3N3O2. The monoisotopic (exact) mass is 367 g/mol. The molecule has 2 aromatic rings. The Hall–Kier alpha value is -2.90. The van der Waals surface area contributed by atoms with Crippen LogP contribution in [0.25, 0.3) is 0 Å². The van der Waals surface area contributed by atoms with Gasteiger partial charge in [0.25, 0.3) is 0 Å². The number of anilines is 2. The van der Waals surface area contributed by atoms with Crippen molar-refractivity contribution in [2.24, 2.45) is 0 Å². The second-order valence-electron chi connectivity index (χ2n) is 5.54. The predicted octanol–water partition coefficient (Wildman–Crippen LogP) is 4.23. The topological polar surface area (TPSA) is 53.6 Å². The van der Waals surface area contributed by atoms with Gasteiger partial charge in [-0.3, -0.25) is 0 Å². The molecule has 0 saturated carbocycles. The van der Waals surface area contributed by atoms with E-state index in [1.54, 1.807) is 0 Å². The number of carbonyl (C=O) groups excluding carboxylic acids is 1. The Bertz CT molecular complexity index is 708. The smallest absolute Gasteiger partial charge is 0.404 e. The van der Waals surface area contributed by atoms with Gasteiger partial charge in [0.05, 0.1) is 5.69 Å². The van der Waals surface area contributed by atoms with Crippen molar-refractivity contribution >= 4 is 17.4 Å². The van der Waals surface area contributed by atoms with E-state index in [0.717, 1.165) is 18.3 Å². The molecule has 2 N–H and O–H groups in total. The van der Waals surface area contributed by atoms with Gasteiger partial charge in [-0.05, 0) is 30.7 Å². The second-order valence-corrected chi connectivity index (χ2v) is 5.54. The molecule has 5 nitrogen and oxygen atoms in total. The first-order chi connectivity index (χ1) is 12.3. The van der Waals surface area contributed by atoms with Gasteiger partial charge in [-0.1, -0.05) is 30.3 Å². The Morgan fingerprint density at radius 3 is 2.42 bits per heavy atom. The molecule has 0 bridgehead atoms. The second kappa shape index (κ2) is 8.98. The Morgan fingerprint density at radius 2 is 1.73 bits per heavy atom. The highest BCUT2D eigenvalue weighted by atomic mass is 19.4. The lowest BCUT2D eigenvalue weighted by atomic mass is 10.3. The molecule has 2 amide bonds. The number of ether oxygens (including phenoxy) is 1. The van der Waals surface area contributed by atoms with E-state index in [1.165, 1.54) is 18.2 Å². The zero-order valence-electron chi connectivity index (χ0n) is 14.2. The lowest BCUT2D eigenvalue weighted by Gasteiger charge is -2.19. The van der Waals surface area contributed by atoms with Gasteiger partial charge >= 0.3 is 12.4 Å². The normalized spacial score (nSPS) is 10.9. The zero-order valence-corrected chi connectivity index (χ0v) is 14.2. The molecule has 0 aliphatic rings. The van der Waals surface area contributed by atoms with E-state index in [1.807, 2.05) is 42.3 Å². The minimum atomic E-state index is -4.82. The van der Waals surface area contributed by atoms with Gasteiger partial charge in [0, 0.05) is 25.8 Å². The van der Waals surface area contributed by atoms with E-state index in [-0.39, 0.29) is 5.69 Å². The molecule has 0 spiro atoms. The first kappa shape index (κ1) is 19.4. The minimum Gasteiger partial charge on any atom is -0.404 e. The number of amides is 2. The molecule has 0 radical (unpaired) electrons. The number of benzene rings is 2. The van der Waals surface area contributed by atoms with Crippen LogP contribution in [-0.4, -0.2) is 32.5 Å². The number of rotatable bonds is 7. The van der Waals surface area contributed by atoms with Crippen LogP contribution in [0.5, 0.6) is 5.75 Å². The minimum absolute atomic E-state index is 0.0521. The van der Waals surface area contributed by atoms with E-state index in [4.69, 9.17) is 0 Å². The molecule has 2 aromatic carbocycles. The third-order valence-electron chi connectivity index (χ3n) is 3.51. The zero-order chi connectivity index (χ0) is 19.0. The van der Waals surface area contributed by atoms with Crippen molar-refractivity contribution in [1.82, 2.24) is 5.32 Å². The van der Waals surface area contributed by atoms with E-state index in [2.05, 4.69) is 15.4 Å². The molecule has 0 aromatic heterocycles. The highest BCUT2D eigenvalue weighted by Gasteiger charge is 2.32. The summed E-state index contributed by atoms with van der Waals surface area (Å²) in [4.78, 5) is 13.9. The fourth-order valence-corrected chi connectivity index (χ4v) is 2.28. The first-order valence-corrected chi connectivity index (χ1v) is 8.01. The molecule has 0 atom stereocenters. The Balaban J connectivity index is 1.77. The number of nitrogens with one attached hydrogen (secondary N) is 2. The van der Waals surface area contributed by atoms with E-state index in [0.29, 0.717) is 13.0 Å². The molecule has 8 heteroatoms. The number of nitrogens with zero attached hydrogens (tertiary/aromatic N) is 1. The van der Waals surface area contributed by atoms with Crippen LogP contribution in [0.4, 0.5) is 29.3 Å². The summed E-state index contributed by atoms with van der Waals surface area (Å²) in [6, 6.07) is 14.6. The maximum absolute atomic E-state index is 12.4. The van der Waals surface area contributed by atoms with Gasteiger partial charge in [0.1, 0.15) is 0 Å². The van der Waals surface area contributed by atoms with Crippen LogP contribution in [0, 0.1) is 0 Å². The molecule has 140 valence electrons. The molecule has 0 aliphatic heterocycles. The highest BCUT2D eigenvalue weighted by Crippen LogP contribution is 2.29. The molecule has 2 rings (SSSR count). The molecular weight excluding hydrogens is 347 g/mol. The standard InChI is InChI=1S/C18H20F3N3O2/c1-24(14-8-3-2-4-9-14)13-7-12-22-17(25)23-15-10-5-6-11-16(15)26-18(19,20)21/h2-6,8-11H,7,12-13H2,1H3,(H2,22,23,25). The molecule has 0 heterocycles. The molecule has 0 unspecified atom stereocenters. The van der Waals surface area contributed by atoms with E-state index >= 15 is 0 Å². The van der Waals surface area contributed by atoms with E-state index < -0.39 is 18.1 Å². The maximum atomic E-state index is 12.4. The number of carbonyl (C=O) groups is 1. The summed E-state index contributed by atoms with van der Waals surface area (Å²) < 4.78 is 41.0. The van der Waals surface area contributed by atoms with Crippen molar-refractivity contribution < 1.29 is 22.7 Å². The lowest BCUT2D eigenvalue weighted by Crippen LogP contribution is -2.32. The van der Waals surface area contributed by atoms with Crippen molar-refractivity contribution in [1.29, 1.82) is 0 Å². The molecule has 26 heavy (non-hydrogen) atoms. The largest absolute Gasteiger partial charge is 0.573 e.